The maximum absolute atomic E-state index is 12.0. The Morgan fingerprint density at radius 1 is 0.963 bits per heavy atom. The van der Waals surface area contributed by atoms with Crippen LogP contribution in [0.25, 0.3) is 0 Å². The molecule has 0 radical (unpaired) electrons. The number of amides is 1. The third-order valence-corrected chi connectivity index (χ3v) is 4.46. The Labute approximate surface area is 163 Å². The molecular weight excluding hydrogens is 342 g/mol. The molecule has 0 saturated carbocycles. The number of carboxylic acid groups (broad SMARTS) is 1. The van der Waals surface area contributed by atoms with Gasteiger partial charge in [0.1, 0.15) is 6.04 Å². The first-order valence-corrected chi connectivity index (χ1v) is 10.3. The quantitative estimate of drug-likeness (QED) is 0.420. The van der Waals surface area contributed by atoms with E-state index in [0.717, 1.165) is 50.9 Å². The number of hydrogen-bond acceptors (Lipinski definition) is 3. The van der Waals surface area contributed by atoms with Gasteiger partial charge in [-0.3, -0.25) is 4.79 Å². The van der Waals surface area contributed by atoms with Crippen LogP contribution in [0.3, 0.4) is 0 Å². The summed E-state index contributed by atoms with van der Waals surface area (Å²) >= 11 is 0. The van der Waals surface area contributed by atoms with Gasteiger partial charge in [-0.05, 0) is 24.8 Å². The van der Waals surface area contributed by atoms with Crippen molar-refractivity contribution in [3.63, 3.8) is 0 Å². The van der Waals surface area contributed by atoms with Crippen molar-refractivity contribution < 1.29 is 19.4 Å². The van der Waals surface area contributed by atoms with E-state index in [4.69, 9.17) is 4.74 Å². The van der Waals surface area contributed by atoms with E-state index in [-0.39, 0.29) is 5.91 Å². The number of unbranched alkanes of at least 4 members (excludes halogenated alkanes) is 6. The zero-order valence-electron chi connectivity index (χ0n) is 16.6. The number of carbonyl (C=O) groups excluding carboxylic acids is 1. The molecule has 152 valence electrons. The second kappa shape index (κ2) is 15.2. The predicted octanol–water partition coefficient (Wildman–Crippen LogP) is 4.35. The lowest BCUT2D eigenvalue weighted by molar-refractivity contribution is -0.141. The summed E-state index contributed by atoms with van der Waals surface area (Å²) in [6.07, 6.45) is 9.43. The summed E-state index contributed by atoms with van der Waals surface area (Å²) in [5.41, 5.74) is 0.908. The largest absolute Gasteiger partial charge is 0.480 e. The highest BCUT2D eigenvalue weighted by molar-refractivity contribution is 5.83. The van der Waals surface area contributed by atoms with E-state index in [0.29, 0.717) is 12.8 Å². The van der Waals surface area contributed by atoms with Crippen molar-refractivity contribution in [1.29, 1.82) is 0 Å². The highest BCUT2D eigenvalue weighted by atomic mass is 16.5. The van der Waals surface area contributed by atoms with Gasteiger partial charge in [0.15, 0.2) is 0 Å². The Morgan fingerprint density at radius 2 is 1.59 bits per heavy atom. The molecule has 1 atom stereocenters. The first kappa shape index (κ1) is 23.2. The Bertz CT molecular complexity index is 518. The molecule has 1 aromatic rings. The second-order valence-corrected chi connectivity index (χ2v) is 6.99. The van der Waals surface area contributed by atoms with Crippen LogP contribution in [0, 0.1) is 0 Å². The molecule has 27 heavy (non-hydrogen) atoms. The van der Waals surface area contributed by atoms with Gasteiger partial charge in [-0.1, -0.05) is 69.4 Å². The van der Waals surface area contributed by atoms with E-state index in [1.54, 1.807) is 0 Å². The van der Waals surface area contributed by atoms with Gasteiger partial charge in [0.05, 0.1) is 0 Å². The van der Waals surface area contributed by atoms with Crippen molar-refractivity contribution in [2.24, 2.45) is 0 Å². The minimum Gasteiger partial charge on any atom is -0.480 e. The third-order valence-electron chi connectivity index (χ3n) is 4.46. The number of aliphatic carboxylic acids is 1. The number of carbonyl (C=O) groups is 2. The van der Waals surface area contributed by atoms with E-state index in [1.165, 1.54) is 19.3 Å². The minimum atomic E-state index is -0.991. The average molecular weight is 378 g/mol. The van der Waals surface area contributed by atoms with Gasteiger partial charge in [-0.15, -0.1) is 0 Å². The molecule has 0 aromatic heterocycles. The summed E-state index contributed by atoms with van der Waals surface area (Å²) in [6.45, 7) is 3.84. The summed E-state index contributed by atoms with van der Waals surface area (Å²) in [7, 11) is 0. The van der Waals surface area contributed by atoms with Crippen LogP contribution in [-0.2, 0) is 20.7 Å². The lowest BCUT2D eigenvalue weighted by Crippen LogP contribution is -2.42. The van der Waals surface area contributed by atoms with Crippen molar-refractivity contribution in [1.82, 2.24) is 5.32 Å². The molecule has 0 aliphatic heterocycles. The third kappa shape index (κ3) is 12.2. The van der Waals surface area contributed by atoms with Crippen molar-refractivity contribution in [3.05, 3.63) is 35.9 Å². The zero-order chi connectivity index (χ0) is 19.7. The molecule has 1 rings (SSSR count). The number of hydrogen-bond donors (Lipinski definition) is 2. The Hall–Kier alpha value is -1.88. The Kier molecular flexibility index (Phi) is 13.0. The highest BCUT2D eigenvalue weighted by Crippen LogP contribution is 2.09. The number of rotatable bonds is 16. The summed E-state index contributed by atoms with van der Waals surface area (Å²) < 4.78 is 5.45. The molecule has 1 unspecified atom stereocenters. The molecule has 5 nitrogen and oxygen atoms in total. The van der Waals surface area contributed by atoms with E-state index >= 15 is 0 Å². The van der Waals surface area contributed by atoms with Gasteiger partial charge in [0.2, 0.25) is 5.91 Å². The molecule has 0 spiro atoms. The van der Waals surface area contributed by atoms with Gasteiger partial charge < -0.3 is 15.2 Å². The van der Waals surface area contributed by atoms with Crippen molar-refractivity contribution in [2.45, 2.75) is 77.2 Å². The monoisotopic (exact) mass is 377 g/mol. The number of benzene rings is 1. The molecule has 5 heteroatoms. The average Bonchev–Trinajstić information content (AvgIpc) is 2.66. The van der Waals surface area contributed by atoms with Crippen LogP contribution in [-0.4, -0.2) is 36.2 Å². The van der Waals surface area contributed by atoms with Crippen LogP contribution in [0.2, 0.25) is 0 Å². The molecule has 0 fully saturated rings. The van der Waals surface area contributed by atoms with Crippen LogP contribution >= 0.6 is 0 Å². The maximum Gasteiger partial charge on any atom is 0.326 e. The summed E-state index contributed by atoms with van der Waals surface area (Å²) in [5, 5.41) is 12.0. The fraction of sp³-hybridized carbons (Fsp3) is 0.636. The summed E-state index contributed by atoms with van der Waals surface area (Å²) in [4.78, 5) is 23.4. The molecule has 0 aliphatic carbocycles. The molecular formula is C22H35NO4. The van der Waals surface area contributed by atoms with Gasteiger partial charge in [-0.25, -0.2) is 4.79 Å². The van der Waals surface area contributed by atoms with Crippen LogP contribution in [0.5, 0.6) is 0 Å². The molecule has 0 heterocycles. The SMILES string of the molecule is CCCOCCCCCCCCCC(=O)NC(Cc1ccccc1)C(=O)O. The lowest BCUT2D eigenvalue weighted by atomic mass is 10.1. The van der Waals surface area contributed by atoms with E-state index in [1.807, 2.05) is 30.3 Å². The fourth-order valence-electron chi connectivity index (χ4n) is 2.94. The van der Waals surface area contributed by atoms with Crippen LogP contribution < -0.4 is 5.32 Å². The molecule has 0 aliphatic rings. The Morgan fingerprint density at radius 3 is 2.22 bits per heavy atom. The van der Waals surface area contributed by atoms with E-state index in [2.05, 4.69) is 12.2 Å². The fourth-order valence-corrected chi connectivity index (χ4v) is 2.94. The van der Waals surface area contributed by atoms with Crippen molar-refractivity contribution >= 4 is 11.9 Å². The number of nitrogens with one attached hydrogen (secondary N) is 1. The van der Waals surface area contributed by atoms with Crippen LogP contribution in [0.4, 0.5) is 0 Å². The van der Waals surface area contributed by atoms with Gasteiger partial charge >= 0.3 is 5.97 Å². The number of ether oxygens (including phenoxy) is 1. The highest BCUT2D eigenvalue weighted by Gasteiger charge is 2.19. The molecule has 1 aromatic carbocycles. The molecule has 2 N–H and O–H groups in total. The van der Waals surface area contributed by atoms with Gasteiger partial charge in [0.25, 0.3) is 0 Å². The zero-order valence-corrected chi connectivity index (χ0v) is 16.6. The van der Waals surface area contributed by atoms with Crippen molar-refractivity contribution in [3.8, 4) is 0 Å². The molecule has 0 bridgehead atoms. The van der Waals surface area contributed by atoms with E-state index in [9.17, 15) is 14.7 Å². The normalized spacial score (nSPS) is 11.9. The summed E-state index contributed by atoms with van der Waals surface area (Å²) in [5.74, 6) is -1.17. The Balaban J connectivity index is 2.07. The topological polar surface area (TPSA) is 75.6 Å². The summed E-state index contributed by atoms with van der Waals surface area (Å²) in [6, 6.07) is 8.51. The van der Waals surface area contributed by atoms with Crippen LogP contribution in [0.1, 0.15) is 70.3 Å². The lowest BCUT2D eigenvalue weighted by Gasteiger charge is -2.14. The molecule has 1 amide bonds. The first-order valence-electron chi connectivity index (χ1n) is 10.3. The minimum absolute atomic E-state index is 0.175. The van der Waals surface area contributed by atoms with Gasteiger partial charge in [0, 0.05) is 26.1 Å². The van der Waals surface area contributed by atoms with Crippen LogP contribution in [0.15, 0.2) is 30.3 Å². The molecule has 0 saturated heterocycles. The maximum atomic E-state index is 12.0. The first-order chi connectivity index (χ1) is 13.1. The smallest absolute Gasteiger partial charge is 0.326 e. The van der Waals surface area contributed by atoms with Crippen molar-refractivity contribution in [2.75, 3.05) is 13.2 Å². The standard InChI is InChI=1S/C22H35NO4/c1-2-16-27-17-12-7-5-3-4-6-11-15-21(24)23-20(22(25)26)18-19-13-9-8-10-14-19/h8-10,13-14,20H,2-7,11-12,15-18H2,1H3,(H,23,24)(H,25,26). The predicted molar refractivity (Wildman–Crippen MR) is 108 cm³/mol. The second-order valence-electron chi connectivity index (χ2n) is 6.99. The number of carboxylic acids is 1. The van der Waals surface area contributed by atoms with Gasteiger partial charge in [-0.2, -0.15) is 0 Å². The van der Waals surface area contributed by atoms with E-state index < -0.39 is 12.0 Å².